The Morgan fingerprint density at radius 1 is 1.00 bits per heavy atom. The Labute approximate surface area is 324 Å². The van der Waals surface area contributed by atoms with Crippen molar-refractivity contribution in [2.45, 2.75) is 57.6 Å². The zero-order valence-electron chi connectivity index (χ0n) is 31.6. The lowest BCUT2D eigenvalue weighted by Gasteiger charge is -2.30. The van der Waals surface area contributed by atoms with Crippen molar-refractivity contribution in [3.8, 4) is 28.1 Å². The molecule has 300 valence electrons. The Kier molecular flexibility index (Phi) is 9.74. The molecule has 0 bridgehead atoms. The number of hydrogen-bond acceptors (Lipinski definition) is 8. The molecular formula is C40H42F3N7O7. The van der Waals surface area contributed by atoms with E-state index in [0.29, 0.717) is 42.4 Å². The average molecular weight is 790 g/mol. The average Bonchev–Trinajstić information content (AvgIpc) is 4.00. The number of carbonyl (C=O) groups excluding carboxylic acids is 2. The molecule has 3 aliphatic heterocycles. The van der Waals surface area contributed by atoms with Gasteiger partial charge in [0, 0.05) is 37.1 Å². The highest BCUT2D eigenvalue weighted by Crippen LogP contribution is 2.45. The lowest BCUT2D eigenvalue weighted by molar-refractivity contribution is -0.171. The molecule has 5 heterocycles. The number of carbonyl (C=O) groups is 3. The first kappa shape index (κ1) is 38.1. The Morgan fingerprint density at radius 3 is 2.51 bits per heavy atom. The summed E-state index contributed by atoms with van der Waals surface area (Å²) in [5.41, 5.74) is 5.52. The number of nitrogens with zero attached hydrogens (tertiary/aromatic N) is 4. The Hall–Kier alpha value is -5.84. The van der Waals surface area contributed by atoms with Gasteiger partial charge in [0.05, 0.1) is 54.6 Å². The van der Waals surface area contributed by atoms with Crippen LogP contribution in [0.2, 0.25) is 0 Å². The highest BCUT2D eigenvalue weighted by atomic mass is 19.4. The molecule has 0 unspecified atom stereocenters. The summed E-state index contributed by atoms with van der Waals surface area (Å²) in [6.45, 7) is 3.90. The zero-order chi connectivity index (χ0) is 40.3. The fourth-order valence-electron chi connectivity index (χ4n) is 8.49. The fourth-order valence-corrected chi connectivity index (χ4v) is 8.49. The molecule has 17 heteroatoms. The maximum absolute atomic E-state index is 14.0. The van der Waals surface area contributed by atoms with Crippen LogP contribution < -0.4 is 10.1 Å². The number of aromatic amines is 2. The number of rotatable bonds is 8. The van der Waals surface area contributed by atoms with E-state index in [9.17, 15) is 32.7 Å². The van der Waals surface area contributed by atoms with Crippen LogP contribution in [0, 0.1) is 17.8 Å². The van der Waals surface area contributed by atoms with Gasteiger partial charge in [0.2, 0.25) is 5.91 Å². The van der Waals surface area contributed by atoms with Gasteiger partial charge in [-0.2, -0.15) is 13.2 Å². The summed E-state index contributed by atoms with van der Waals surface area (Å²) in [4.78, 5) is 56.3. The van der Waals surface area contributed by atoms with Crippen LogP contribution in [0.1, 0.15) is 56.0 Å². The van der Waals surface area contributed by atoms with E-state index >= 15 is 0 Å². The van der Waals surface area contributed by atoms with Crippen molar-refractivity contribution < 1.29 is 46.9 Å². The standard InChI is InChI=1S/C40H42F3N7O7/c1-19(2)33(48-38(52)56-4)37(51)49-16-24(40(41,42)43)12-31(49)35-44-14-29(46-35)22-5-7-25-23(10-22)18-57-32-13-26-21(11-27(25)32)6-8-28-34(26)47-36(45-28)30-9-20(17-55-3)15-50(30)39(53)54/h5-8,10-11,13-14,19-20,24,30-31,33H,9,12,15-18H2,1-4H3,(H,44,46)(H,45,47)(H,48,52)(H,53,54)/t20-,24-,30-,31-,33-/m0/s1. The number of alkyl carbamates (subject to hydrolysis) is 1. The van der Waals surface area contributed by atoms with Crippen LogP contribution >= 0.6 is 0 Å². The maximum Gasteiger partial charge on any atom is 0.407 e. The third kappa shape index (κ3) is 6.97. The van der Waals surface area contributed by atoms with Gasteiger partial charge in [0.15, 0.2) is 0 Å². The molecule has 57 heavy (non-hydrogen) atoms. The van der Waals surface area contributed by atoms with Gasteiger partial charge in [-0.05, 0) is 65.1 Å². The van der Waals surface area contributed by atoms with Crippen LogP contribution in [0.5, 0.6) is 5.75 Å². The van der Waals surface area contributed by atoms with Gasteiger partial charge in [-0.25, -0.2) is 19.6 Å². The van der Waals surface area contributed by atoms with E-state index in [-0.39, 0.29) is 24.8 Å². The van der Waals surface area contributed by atoms with E-state index in [1.54, 1.807) is 27.2 Å². The predicted molar refractivity (Wildman–Crippen MR) is 201 cm³/mol. The Bertz CT molecular complexity index is 2380. The summed E-state index contributed by atoms with van der Waals surface area (Å²) in [5.74, 6) is -1.30. The van der Waals surface area contributed by atoms with E-state index in [1.807, 2.05) is 42.5 Å². The number of hydrogen-bond donors (Lipinski definition) is 4. The summed E-state index contributed by atoms with van der Waals surface area (Å²) in [7, 11) is 2.76. The maximum atomic E-state index is 14.0. The number of benzene rings is 3. The van der Waals surface area contributed by atoms with Crippen LogP contribution in [0.3, 0.4) is 0 Å². The van der Waals surface area contributed by atoms with Gasteiger partial charge in [0.1, 0.15) is 30.0 Å². The van der Waals surface area contributed by atoms with Gasteiger partial charge < -0.3 is 39.5 Å². The van der Waals surface area contributed by atoms with Crippen LogP contribution in [0.25, 0.3) is 44.2 Å². The second-order valence-electron chi connectivity index (χ2n) is 15.3. The SMILES string of the molecule is COC[C@H]1C[C@@H](c2nc3c(ccc4cc5c(cc43)OCc3cc(-c4cnc([C@@H]6C[C@H](C(F)(F)F)CN6C(=O)[C@@H](NC(=O)OC)C(C)C)[nH]4)ccc3-5)[nH]2)N(C(=O)O)C1. The van der Waals surface area contributed by atoms with E-state index in [4.69, 9.17) is 14.5 Å². The van der Waals surface area contributed by atoms with Crippen LogP contribution in [-0.4, -0.2) is 99.1 Å². The first-order valence-electron chi connectivity index (χ1n) is 18.7. The summed E-state index contributed by atoms with van der Waals surface area (Å²) < 4.78 is 58.4. The minimum atomic E-state index is -4.54. The lowest BCUT2D eigenvalue weighted by Crippen LogP contribution is -2.51. The predicted octanol–water partition coefficient (Wildman–Crippen LogP) is 7.19. The quantitative estimate of drug-likeness (QED) is 0.127. The van der Waals surface area contributed by atoms with Crippen molar-refractivity contribution in [3.05, 3.63) is 65.9 Å². The molecule has 0 spiro atoms. The second kappa shape index (κ2) is 14.6. The van der Waals surface area contributed by atoms with Crippen molar-refractivity contribution in [2.24, 2.45) is 17.8 Å². The van der Waals surface area contributed by atoms with Gasteiger partial charge in [-0.15, -0.1) is 0 Å². The number of aromatic nitrogens is 4. The molecule has 4 N–H and O–H groups in total. The molecule has 2 aromatic heterocycles. The number of ether oxygens (including phenoxy) is 3. The third-order valence-electron chi connectivity index (χ3n) is 11.4. The molecule has 5 aromatic rings. The topological polar surface area (TPSA) is 175 Å². The van der Waals surface area contributed by atoms with Crippen molar-refractivity contribution >= 4 is 39.9 Å². The number of carboxylic acid groups (broad SMARTS) is 1. The van der Waals surface area contributed by atoms with Crippen LogP contribution in [0.15, 0.2) is 48.7 Å². The number of fused-ring (bicyclic) bond motifs is 6. The number of likely N-dealkylation sites (tertiary alicyclic amines) is 2. The molecule has 8 rings (SSSR count). The number of methoxy groups -OCH3 is 2. The number of H-pyrrole nitrogens is 2. The third-order valence-corrected chi connectivity index (χ3v) is 11.4. The van der Waals surface area contributed by atoms with E-state index < -0.39 is 60.8 Å². The molecule has 3 aliphatic rings. The first-order chi connectivity index (χ1) is 27.2. The molecular weight excluding hydrogens is 747 g/mol. The first-order valence-corrected chi connectivity index (χ1v) is 18.7. The molecule has 0 radical (unpaired) electrons. The summed E-state index contributed by atoms with van der Waals surface area (Å²) >= 11 is 0. The number of halogens is 3. The molecule has 0 aliphatic carbocycles. The van der Waals surface area contributed by atoms with Crippen LogP contribution in [0.4, 0.5) is 22.8 Å². The van der Waals surface area contributed by atoms with Gasteiger partial charge in [0.25, 0.3) is 0 Å². The van der Waals surface area contributed by atoms with Gasteiger partial charge >= 0.3 is 18.4 Å². The smallest absolute Gasteiger partial charge is 0.407 e. The monoisotopic (exact) mass is 789 g/mol. The highest BCUT2D eigenvalue weighted by molar-refractivity contribution is 6.07. The summed E-state index contributed by atoms with van der Waals surface area (Å²) in [6.07, 6.45) is -4.63. The van der Waals surface area contributed by atoms with Gasteiger partial charge in [-0.3, -0.25) is 9.69 Å². The molecule has 5 atom stereocenters. The number of nitrogens with one attached hydrogen (secondary N) is 3. The molecule has 0 saturated carbocycles. The molecule has 3 amide bonds. The van der Waals surface area contributed by atoms with Crippen molar-refractivity contribution in [2.75, 3.05) is 33.9 Å². The Balaban J connectivity index is 1.07. The van der Waals surface area contributed by atoms with E-state index in [1.165, 1.54) is 4.90 Å². The number of imidazole rings is 2. The minimum absolute atomic E-state index is 0.0672. The van der Waals surface area contributed by atoms with Crippen LogP contribution in [-0.2, 0) is 20.9 Å². The van der Waals surface area contributed by atoms with Crippen molar-refractivity contribution in [3.63, 3.8) is 0 Å². The molecule has 2 saturated heterocycles. The fraction of sp³-hybridized carbons (Fsp3) is 0.425. The second-order valence-corrected chi connectivity index (χ2v) is 15.3. The normalized spacial score (nSPS) is 21.1. The van der Waals surface area contributed by atoms with E-state index in [0.717, 1.165) is 50.6 Å². The Morgan fingerprint density at radius 2 is 1.79 bits per heavy atom. The van der Waals surface area contributed by atoms with Gasteiger partial charge in [-0.1, -0.05) is 32.0 Å². The largest absolute Gasteiger partial charge is 0.488 e. The highest BCUT2D eigenvalue weighted by Gasteiger charge is 2.51. The molecule has 14 nitrogen and oxygen atoms in total. The number of amides is 3. The molecule has 2 fully saturated rings. The van der Waals surface area contributed by atoms with E-state index in [2.05, 4.69) is 25.0 Å². The summed E-state index contributed by atoms with van der Waals surface area (Å²) in [5, 5.41) is 14.2. The molecule has 3 aromatic carbocycles. The lowest BCUT2D eigenvalue weighted by atomic mass is 9.92. The minimum Gasteiger partial charge on any atom is -0.488 e. The summed E-state index contributed by atoms with van der Waals surface area (Å²) in [6, 6.07) is 11.2. The number of alkyl halides is 3. The zero-order valence-corrected chi connectivity index (χ0v) is 31.6. The van der Waals surface area contributed by atoms with Crippen molar-refractivity contribution in [1.29, 1.82) is 0 Å². The van der Waals surface area contributed by atoms with Crippen molar-refractivity contribution in [1.82, 2.24) is 35.1 Å².